The number of hydrogen-bond acceptors (Lipinski definition) is 2. The van der Waals surface area contributed by atoms with Crippen molar-refractivity contribution < 1.29 is 0 Å². The zero-order valence-corrected chi connectivity index (χ0v) is 9.71. The number of nitrogens with zero attached hydrogens (tertiary/aromatic N) is 3. The molecule has 0 unspecified atom stereocenters. The molecule has 0 spiro atoms. The molecule has 1 aromatic carbocycles. The molecule has 0 saturated carbocycles. The van der Waals surface area contributed by atoms with Crippen molar-refractivity contribution in [2.45, 2.75) is 0 Å². The van der Waals surface area contributed by atoms with E-state index in [1.54, 1.807) is 9.36 Å². The molecule has 1 heterocycles. The molecule has 0 N–H and O–H groups in total. The van der Waals surface area contributed by atoms with Crippen molar-refractivity contribution in [3.63, 3.8) is 0 Å². The van der Waals surface area contributed by atoms with Crippen LogP contribution in [-0.4, -0.2) is 23.5 Å². The summed E-state index contributed by atoms with van der Waals surface area (Å²) in [7, 11) is 5.60. The highest BCUT2D eigenvalue weighted by Crippen LogP contribution is 2.09. The van der Waals surface area contributed by atoms with Gasteiger partial charge >= 0.3 is 0 Å². The van der Waals surface area contributed by atoms with Gasteiger partial charge in [-0.1, -0.05) is 18.2 Å². The zero-order valence-electron chi connectivity index (χ0n) is 9.71. The van der Waals surface area contributed by atoms with Crippen molar-refractivity contribution in [3.8, 4) is 5.69 Å². The highest BCUT2D eigenvalue weighted by Gasteiger charge is 2.11. The number of anilines is 1. The lowest BCUT2D eigenvalue weighted by molar-refractivity contribution is 0.646. The molecule has 84 valence electrons. The van der Waals surface area contributed by atoms with E-state index in [1.165, 1.54) is 0 Å². The molecule has 4 heteroatoms. The number of benzene rings is 1. The van der Waals surface area contributed by atoms with Gasteiger partial charge < -0.3 is 4.90 Å². The SMILES string of the molecule is CN(C)c1cn(C)n(-c2ccccc2)c1=O. The van der Waals surface area contributed by atoms with Crippen molar-refractivity contribution in [3.05, 3.63) is 46.9 Å². The van der Waals surface area contributed by atoms with E-state index in [2.05, 4.69) is 0 Å². The van der Waals surface area contributed by atoms with E-state index in [0.29, 0.717) is 5.69 Å². The highest BCUT2D eigenvalue weighted by molar-refractivity contribution is 5.44. The summed E-state index contributed by atoms with van der Waals surface area (Å²) < 4.78 is 3.45. The van der Waals surface area contributed by atoms with E-state index in [1.807, 2.05) is 62.6 Å². The van der Waals surface area contributed by atoms with Gasteiger partial charge in [-0.15, -0.1) is 0 Å². The van der Waals surface area contributed by atoms with Crippen LogP contribution in [0, 0.1) is 0 Å². The fraction of sp³-hybridized carbons (Fsp3) is 0.250. The lowest BCUT2D eigenvalue weighted by Crippen LogP contribution is -2.23. The van der Waals surface area contributed by atoms with Crippen molar-refractivity contribution >= 4 is 5.69 Å². The van der Waals surface area contributed by atoms with Gasteiger partial charge in [-0.3, -0.25) is 9.48 Å². The second-order valence-corrected chi connectivity index (χ2v) is 3.93. The van der Waals surface area contributed by atoms with Crippen LogP contribution in [0.3, 0.4) is 0 Å². The zero-order chi connectivity index (χ0) is 11.7. The number of hydrogen-bond donors (Lipinski definition) is 0. The Labute approximate surface area is 94.3 Å². The summed E-state index contributed by atoms with van der Waals surface area (Å²) in [5.74, 6) is 0. The Hall–Kier alpha value is -1.97. The normalized spacial score (nSPS) is 10.4. The van der Waals surface area contributed by atoms with Crippen LogP contribution in [0.25, 0.3) is 5.69 Å². The third kappa shape index (κ3) is 1.62. The first-order chi connectivity index (χ1) is 7.61. The maximum Gasteiger partial charge on any atom is 0.294 e. The molecule has 0 aliphatic heterocycles. The first-order valence-corrected chi connectivity index (χ1v) is 5.12. The molecule has 0 bridgehead atoms. The maximum atomic E-state index is 12.1. The predicted molar refractivity (Wildman–Crippen MR) is 65.3 cm³/mol. The van der Waals surface area contributed by atoms with E-state index in [9.17, 15) is 4.79 Å². The van der Waals surface area contributed by atoms with Crippen molar-refractivity contribution in [1.82, 2.24) is 9.36 Å². The van der Waals surface area contributed by atoms with Crippen LogP contribution >= 0.6 is 0 Å². The molecule has 16 heavy (non-hydrogen) atoms. The van der Waals surface area contributed by atoms with Crippen LogP contribution in [0.4, 0.5) is 5.69 Å². The summed E-state index contributed by atoms with van der Waals surface area (Å²) >= 11 is 0. The van der Waals surface area contributed by atoms with E-state index in [-0.39, 0.29) is 5.56 Å². The molecular formula is C12H15N3O. The Morgan fingerprint density at radius 2 is 1.75 bits per heavy atom. The largest absolute Gasteiger partial charge is 0.372 e. The number of aromatic nitrogens is 2. The van der Waals surface area contributed by atoms with Gasteiger partial charge in [0.05, 0.1) is 11.9 Å². The smallest absolute Gasteiger partial charge is 0.294 e. The molecule has 0 aliphatic carbocycles. The van der Waals surface area contributed by atoms with E-state index >= 15 is 0 Å². The molecule has 0 saturated heterocycles. The van der Waals surface area contributed by atoms with Gasteiger partial charge in [-0.2, -0.15) is 0 Å². The minimum atomic E-state index is -0.00120. The highest BCUT2D eigenvalue weighted by atomic mass is 16.1. The Morgan fingerprint density at radius 1 is 1.12 bits per heavy atom. The van der Waals surface area contributed by atoms with Gasteiger partial charge in [0.1, 0.15) is 5.69 Å². The average Bonchev–Trinajstić information content (AvgIpc) is 2.56. The molecule has 4 nitrogen and oxygen atoms in total. The quantitative estimate of drug-likeness (QED) is 0.757. The van der Waals surface area contributed by atoms with Crippen LogP contribution in [-0.2, 0) is 7.05 Å². The second kappa shape index (κ2) is 3.89. The molecular weight excluding hydrogens is 202 g/mol. The molecule has 0 fully saturated rings. The van der Waals surface area contributed by atoms with Crippen LogP contribution in [0.5, 0.6) is 0 Å². The summed E-state index contributed by atoms with van der Waals surface area (Å²) in [5.41, 5.74) is 1.56. The fourth-order valence-corrected chi connectivity index (χ4v) is 1.72. The summed E-state index contributed by atoms with van der Waals surface area (Å²) in [4.78, 5) is 14.0. The monoisotopic (exact) mass is 217 g/mol. The third-order valence-electron chi connectivity index (χ3n) is 2.52. The molecule has 1 aromatic heterocycles. The topological polar surface area (TPSA) is 30.2 Å². The van der Waals surface area contributed by atoms with Crippen molar-refractivity contribution in [1.29, 1.82) is 0 Å². The minimum Gasteiger partial charge on any atom is -0.372 e. The molecule has 2 rings (SSSR count). The first-order valence-electron chi connectivity index (χ1n) is 5.12. The van der Waals surface area contributed by atoms with Crippen molar-refractivity contribution in [2.75, 3.05) is 19.0 Å². The van der Waals surface area contributed by atoms with Crippen LogP contribution in [0.2, 0.25) is 0 Å². The predicted octanol–water partition coefficient (Wildman–Crippen LogP) is 1.24. The number of para-hydroxylation sites is 1. The average molecular weight is 217 g/mol. The van der Waals surface area contributed by atoms with E-state index < -0.39 is 0 Å². The molecule has 0 amide bonds. The van der Waals surface area contributed by atoms with Gasteiger partial charge in [0.25, 0.3) is 5.56 Å². The Kier molecular flexibility index (Phi) is 2.56. The van der Waals surface area contributed by atoms with Crippen molar-refractivity contribution in [2.24, 2.45) is 7.05 Å². The summed E-state index contributed by atoms with van der Waals surface area (Å²) in [6.07, 6.45) is 1.83. The Balaban J connectivity index is 2.63. The lowest BCUT2D eigenvalue weighted by Gasteiger charge is -2.06. The standard InChI is InChI=1S/C12H15N3O/c1-13(2)11-9-14(3)15(12(11)16)10-7-5-4-6-8-10/h4-9H,1-3H3. The van der Waals surface area contributed by atoms with Crippen LogP contribution in [0.1, 0.15) is 0 Å². The van der Waals surface area contributed by atoms with Gasteiger partial charge in [0, 0.05) is 21.1 Å². The summed E-state index contributed by atoms with van der Waals surface area (Å²) in [6.45, 7) is 0. The molecule has 0 radical (unpaired) electrons. The fourth-order valence-electron chi connectivity index (χ4n) is 1.72. The maximum absolute atomic E-state index is 12.1. The molecule has 2 aromatic rings. The lowest BCUT2D eigenvalue weighted by atomic mass is 10.3. The number of aryl methyl sites for hydroxylation is 1. The van der Waals surface area contributed by atoms with Gasteiger partial charge in [0.2, 0.25) is 0 Å². The Bertz CT molecular complexity index is 537. The first kappa shape index (κ1) is 10.5. The van der Waals surface area contributed by atoms with E-state index in [0.717, 1.165) is 5.69 Å². The third-order valence-corrected chi connectivity index (χ3v) is 2.52. The van der Waals surface area contributed by atoms with Gasteiger partial charge in [0.15, 0.2) is 0 Å². The van der Waals surface area contributed by atoms with Gasteiger partial charge in [-0.05, 0) is 12.1 Å². The second-order valence-electron chi connectivity index (χ2n) is 3.93. The Morgan fingerprint density at radius 3 is 2.25 bits per heavy atom. The minimum absolute atomic E-state index is 0.00120. The number of rotatable bonds is 2. The summed E-state index contributed by atoms with van der Waals surface area (Å²) in [5, 5.41) is 0. The summed E-state index contributed by atoms with van der Waals surface area (Å²) in [6, 6.07) is 9.61. The molecule has 0 aliphatic rings. The van der Waals surface area contributed by atoms with Crippen LogP contribution in [0.15, 0.2) is 41.3 Å². The van der Waals surface area contributed by atoms with Gasteiger partial charge in [-0.25, -0.2) is 4.68 Å². The van der Waals surface area contributed by atoms with E-state index in [4.69, 9.17) is 0 Å². The van der Waals surface area contributed by atoms with Crippen LogP contribution < -0.4 is 10.5 Å². The molecule has 0 atom stereocenters.